The van der Waals surface area contributed by atoms with Crippen LogP contribution in [0.4, 0.5) is 0 Å². The van der Waals surface area contributed by atoms with Crippen LogP contribution in [0, 0.1) is 13.8 Å². The van der Waals surface area contributed by atoms with E-state index in [0.29, 0.717) is 11.6 Å². The molecule has 0 N–H and O–H groups in total. The van der Waals surface area contributed by atoms with Crippen molar-refractivity contribution in [1.82, 2.24) is 24.9 Å². The van der Waals surface area contributed by atoms with Gasteiger partial charge in [-0.25, -0.2) is 19.9 Å². The predicted octanol–water partition coefficient (Wildman–Crippen LogP) is 15.4. The maximum Gasteiger partial charge on any atom is 0.160 e. The van der Waals surface area contributed by atoms with Gasteiger partial charge in [0, 0.05) is 50.3 Å². The fourth-order valence-corrected chi connectivity index (χ4v) is 8.84. The highest BCUT2D eigenvalue weighted by Gasteiger charge is 2.18. The Labute approximate surface area is 384 Å². The molecule has 0 aliphatic carbocycles. The van der Waals surface area contributed by atoms with Gasteiger partial charge >= 0.3 is 0 Å². The average molecular weight is 846 g/mol. The fraction of sp³-hybridized carbons (Fsp3) is 0.0328. The van der Waals surface area contributed by atoms with Gasteiger partial charge in [-0.3, -0.25) is 4.98 Å². The molecule has 11 aromatic rings. The molecule has 11 rings (SSSR count). The second-order valence-corrected chi connectivity index (χ2v) is 16.6. The molecule has 0 aliphatic rings. The lowest BCUT2D eigenvalue weighted by atomic mass is 9.89. The molecular formula is C61H43N5. The third kappa shape index (κ3) is 8.06. The van der Waals surface area contributed by atoms with Crippen molar-refractivity contribution in [3.05, 3.63) is 236 Å². The average Bonchev–Trinajstić information content (AvgIpc) is 3.39. The summed E-state index contributed by atoms with van der Waals surface area (Å²) in [6, 6.07) is 78.2. The van der Waals surface area contributed by atoms with Crippen LogP contribution in [0.25, 0.3) is 112 Å². The molecule has 0 aliphatic heterocycles. The third-order valence-electron chi connectivity index (χ3n) is 12.1. The standard InChI is InChI=1S/C61H43N5/c1-40-31-33-51(41(2)62-40)55-37-47(46-25-14-27-49(35-46)60-63-56(43-18-6-3-7-19-43)38-57(64-60)44-20-8-4-9-21-44)32-34-53(55)48-26-15-28-50(36-48)61-65-58(45-22-10-5-11-23-45)39-59(66-61)54-30-16-24-42-17-12-13-29-52(42)54/h3-39H,1-2H3. The molecule has 312 valence electrons. The van der Waals surface area contributed by atoms with Crippen molar-refractivity contribution in [2.75, 3.05) is 0 Å². The Morgan fingerprint density at radius 1 is 0.258 bits per heavy atom. The van der Waals surface area contributed by atoms with Crippen LogP contribution in [-0.4, -0.2) is 24.9 Å². The SMILES string of the molecule is Cc1ccc(-c2cc(-c3cccc(-c4nc(-c5ccccc5)cc(-c5ccccc5)n4)c3)ccc2-c2cccc(-c3nc(-c4ccccc4)cc(-c4cccc5ccccc45)n3)c2)c(C)n1. The largest absolute Gasteiger partial charge is 0.258 e. The van der Waals surface area contributed by atoms with E-state index in [4.69, 9.17) is 24.9 Å². The van der Waals surface area contributed by atoms with Crippen molar-refractivity contribution >= 4 is 10.8 Å². The van der Waals surface area contributed by atoms with Crippen molar-refractivity contribution in [3.8, 4) is 101 Å². The highest BCUT2D eigenvalue weighted by molar-refractivity contribution is 5.97. The summed E-state index contributed by atoms with van der Waals surface area (Å²) in [4.78, 5) is 25.7. The summed E-state index contributed by atoms with van der Waals surface area (Å²) < 4.78 is 0. The van der Waals surface area contributed by atoms with E-state index in [2.05, 4.69) is 189 Å². The molecule has 0 saturated carbocycles. The molecule has 0 radical (unpaired) electrons. The quantitative estimate of drug-likeness (QED) is 0.145. The molecule has 3 aromatic heterocycles. The number of aromatic nitrogens is 5. The Kier molecular flexibility index (Phi) is 10.6. The van der Waals surface area contributed by atoms with E-state index in [1.165, 1.54) is 5.39 Å². The van der Waals surface area contributed by atoms with Gasteiger partial charge in [0.05, 0.1) is 22.8 Å². The van der Waals surface area contributed by atoms with Gasteiger partial charge in [-0.2, -0.15) is 0 Å². The van der Waals surface area contributed by atoms with E-state index < -0.39 is 0 Å². The number of aryl methyl sites for hydroxylation is 2. The first kappa shape index (κ1) is 40.1. The van der Waals surface area contributed by atoms with E-state index in [9.17, 15) is 0 Å². The lowest BCUT2D eigenvalue weighted by Gasteiger charge is -2.16. The second kappa shape index (κ2) is 17.5. The van der Waals surface area contributed by atoms with Crippen molar-refractivity contribution < 1.29 is 0 Å². The third-order valence-corrected chi connectivity index (χ3v) is 12.1. The van der Waals surface area contributed by atoms with Crippen molar-refractivity contribution in [1.29, 1.82) is 0 Å². The zero-order valence-electron chi connectivity index (χ0n) is 36.6. The zero-order chi connectivity index (χ0) is 44.4. The summed E-state index contributed by atoms with van der Waals surface area (Å²) in [5.74, 6) is 1.34. The lowest BCUT2D eigenvalue weighted by molar-refractivity contribution is 1.13. The smallest absolute Gasteiger partial charge is 0.160 e. The van der Waals surface area contributed by atoms with Crippen LogP contribution < -0.4 is 0 Å². The predicted molar refractivity (Wildman–Crippen MR) is 271 cm³/mol. The monoisotopic (exact) mass is 845 g/mol. The Morgan fingerprint density at radius 2 is 0.712 bits per heavy atom. The molecular weight excluding hydrogens is 803 g/mol. The molecule has 0 bridgehead atoms. The molecule has 0 fully saturated rings. The summed E-state index contributed by atoms with van der Waals surface area (Å²) in [6.45, 7) is 4.13. The first-order valence-corrected chi connectivity index (χ1v) is 22.2. The molecule has 5 nitrogen and oxygen atoms in total. The number of nitrogens with zero attached hydrogens (tertiary/aromatic N) is 5. The maximum atomic E-state index is 5.29. The van der Waals surface area contributed by atoms with Crippen LogP contribution in [0.3, 0.4) is 0 Å². The summed E-state index contributed by atoms with van der Waals surface area (Å²) in [5.41, 5.74) is 18.0. The Hall–Kier alpha value is -8.67. The Morgan fingerprint density at radius 3 is 1.33 bits per heavy atom. The number of pyridine rings is 1. The second-order valence-electron chi connectivity index (χ2n) is 16.6. The molecule has 0 spiro atoms. The molecule has 8 aromatic carbocycles. The molecule has 0 atom stereocenters. The fourth-order valence-electron chi connectivity index (χ4n) is 8.84. The van der Waals surface area contributed by atoms with E-state index >= 15 is 0 Å². The molecule has 3 heterocycles. The minimum absolute atomic E-state index is 0.665. The lowest BCUT2D eigenvalue weighted by Crippen LogP contribution is -1.97. The minimum atomic E-state index is 0.665. The Bertz CT molecular complexity index is 3490. The van der Waals surface area contributed by atoms with E-state index in [1.807, 2.05) is 49.4 Å². The van der Waals surface area contributed by atoms with E-state index in [1.54, 1.807) is 0 Å². The van der Waals surface area contributed by atoms with Crippen molar-refractivity contribution in [2.45, 2.75) is 13.8 Å². The first-order chi connectivity index (χ1) is 32.5. The molecule has 66 heavy (non-hydrogen) atoms. The van der Waals surface area contributed by atoms with Gasteiger partial charge in [-0.1, -0.05) is 188 Å². The van der Waals surface area contributed by atoms with Gasteiger partial charge in [0.1, 0.15) is 0 Å². The van der Waals surface area contributed by atoms with Crippen molar-refractivity contribution in [2.24, 2.45) is 0 Å². The number of benzene rings is 8. The van der Waals surface area contributed by atoms with Gasteiger partial charge in [-0.15, -0.1) is 0 Å². The first-order valence-electron chi connectivity index (χ1n) is 22.2. The van der Waals surface area contributed by atoms with Gasteiger partial charge in [0.15, 0.2) is 11.6 Å². The molecule has 5 heteroatoms. The van der Waals surface area contributed by atoms with Crippen LogP contribution >= 0.6 is 0 Å². The highest BCUT2D eigenvalue weighted by Crippen LogP contribution is 2.40. The minimum Gasteiger partial charge on any atom is -0.258 e. The van der Waals surface area contributed by atoms with Crippen LogP contribution in [0.5, 0.6) is 0 Å². The summed E-state index contributed by atoms with van der Waals surface area (Å²) >= 11 is 0. The van der Waals surface area contributed by atoms with Crippen molar-refractivity contribution in [3.63, 3.8) is 0 Å². The zero-order valence-corrected chi connectivity index (χ0v) is 36.6. The number of fused-ring (bicyclic) bond motifs is 1. The van der Waals surface area contributed by atoms with E-state index in [-0.39, 0.29) is 0 Å². The summed E-state index contributed by atoms with van der Waals surface area (Å²) in [6.07, 6.45) is 0. The highest BCUT2D eigenvalue weighted by atomic mass is 14.9. The van der Waals surface area contributed by atoms with Crippen LogP contribution in [0.1, 0.15) is 11.4 Å². The molecule has 0 amide bonds. The normalized spacial score (nSPS) is 11.2. The summed E-state index contributed by atoms with van der Waals surface area (Å²) in [5, 5.41) is 2.32. The number of hydrogen-bond donors (Lipinski definition) is 0. The maximum absolute atomic E-state index is 5.29. The number of hydrogen-bond acceptors (Lipinski definition) is 5. The van der Waals surface area contributed by atoms with Gasteiger partial charge < -0.3 is 0 Å². The van der Waals surface area contributed by atoms with E-state index in [0.717, 1.165) is 106 Å². The Balaban J connectivity index is 1.03. The topological polar surface area (TPSA) is 64.5 Å². The van der Waals surface area contributed by atoms with Gasteiger partial charge in [0.25, 0.3) is 0 Å². The van der Waals surface area contributed by atoms with Crippen LogP contribution in [0.2, 0.25) is 0 Å². The number of rotatable bonds is 9. The van der Waals surface area contributed by atoms with Crippen LogP contribution in [-0.2, 0) is 0 Å². The van der Waals surface area contributed by atoms with Crippen LogP contribution in [0.15, 0.2) is 224 Å². The summed E-state index contributed by atoms with van der Waals surface area (Å²) in [7, 11) is 0. The van der Waals surface area contributed by atoms with Gasteiger partial charge in [-0.05, 0) is 88.8 Å². The van der Waals surface area contributed by atoms with Gasteiger partial charge in [0.2, 0.25) is 0 Å². The molecule has 0 unspecified atom stereocenters. The molecule has 0 saturated heterocycles.